The minimum atomic E-state index is 0.388. The smallest absolute Gasteiger partial charge is 0.0700 e. The van der Waals surface area contributed by atoms with Crippen LogP contribution in [0.15, 0.2) is 0 Å². The summed E-state index contributed by atoms with van der Waals surface area (Å²) in [6, 6.07) is 1.25. The Morgan fingerprint density at radius 3 is 2.80 bits per heavy atom. The standard InChI is InChI=1S/C12H26N2O/c1-5-10(2)14(4)8-7-13-12-6-9-15-11(12)3/h10-13H,5-9H2,1-4H3. The highest BCUT2D eigenvalue weighted by molar-refractivity contribution is 4.79. The van der Waals surface area contributed by atoms with Crippen LogP contribution >= 0.6 is 0 Å². The average molecular weight is 214 g/mol. The molecule has 0 spiro atoms. The molecule has 1 aliphatic heterocycles. The van der Waals surface area contributed by atoms with Crippen LogP contribution in [0, 0.1) is 0 Å². The summed E-state index contributed by atoms with van der Waals surface area (Å²) in [7, 11) is 2.20. The number of nitrogens with one attached hydrogen (secondary N) is 1. The third kappa shape index (κ3) is 4.09. The number of rotatable bonds is 6. The maximum absolute atomic E-state index is 5.52. The second kappa shape index (κ2) is 6.46. The van der Waals surface area contributed by atoms with Crippen molar-refractivity contribution in [2.24, 2.45) is 0 Å². The Balaban J connectivity index is 2.10. The van der Waals surface area contributed by atoms with E-state index in [1.54, 1.807) is 0 Å². The maximum atomic E-state index is 5.52. The van der Waals surface area contributed by atoms with Gasteiger partial charge in [0.05, 0.1) is 6.10 Å². The van der Waals surface area contributed by atoms with Gasteiger partial charge in [0.2, 0.25) is 0 Å². The van der Waals surface area contributed by atoms with Gasteiger partial charge in [0, 0.05) is 31.8 Å². The summed E-state index contributed by atoms with van der Waals surface area (Å²) in [5, 5.41) is 3.57. The highest BCUT2D eigenvalue weighted by Crippen LogP contribution is 2.12. The Labute approximate surface area is 94.2 Å². The third-order valence-corrected chi connectivity index (χ3v) is 3.59. The van der Waals surface area contributed by atoms with Crippen LogP contribution < -0.4 is 5.32 Å². The van der Waals surface area contributed by atoms with E-state index in [4.69, 9.17) is 4.74 Å². The minimum absolute atomic E-state index is 0.388. The number of ether oxygens (including phenoxy) is 1. The first-order valence-corrected chi connectivity index (χ1v) is 6.20. The molecule has 1 N–H and O–H groups in total. The molecular weight excluding hydrogens is 188 g/mol. The van der Waals surface area contributed by atoms with E-state index in [1.807, 2.05) is 0 Å². The molecule has 1 aliphatic rings. The first-order chi connectivity index (χ1) is 7.15. The summed E-state index contributed by atoms with van der Waals surface area (Å²) in [5.41, 5.74) is 0. The zero-order valence-corrected chi connectivity index (χ0v) is 10.6. The largest absolute Gasteiger partial charge is 0.377 e. The topological polar surface area (TPSA) is 24.5 Å². The number of nitrogens with zero attached hydrogens (tertiary/aromatic N) is 1. The van der Waals surface area contributed by atoms with Gasteiger partial charge in [-0.15, -0.1) is 0 Å². The van der Waals surface area contributed by atoms with E-state index in [1.165, 1.54) is 6.42 Å². The van der Waals surface area contributed by atoms with Crippen molar-refractivity contribution < 1.29 is 4.74 Å². The number of hydrogen-bond acceptors (Lipinski definition) is 3. The van der Waals surface area contributed by atoms with Gasteiger partial charge in [0.25, 0.3) is 0 Å². The van der Waals surface area contributed by atoms with E-state index >= 15 is 0 Å². The SMILES string of the molecule is CCC(C)N(C)CCNC1CCOC1C. The Kier molecular flexibility index (Phi) is 5.58. The van der Waals surface area contributed by atoms with Crippen LogP contribution in [-0.4, -0.2) is 49.8 Å². The molecule has 0 aromatic heterocycles. The summed E-state index contributed by atoms with van der Waals surface area (Å²) >= 11 is 0. The van der Waals surface area contributed by atoms with Gasteiger partial charge in [0.15, 0.2) is 0 Å². The lowest BCUT2D eigenvalue weighted by molar-refractivity contribution is 0.112. The average Bonchev–Trinajstić information content (AvgIpc) is 2.63. The van der Waals surface area contributed by atoms with E-state index in [-0.39, 0.29) is 0 Å². The van der Waals surface area contributed by atoms with Gasteiger partial charge in [-0.3, -0.25) is 0 Å². The number of hydrogen-bond donors (Lipinski definition) is 1. The van der Waals surface area contributed by atoms with Crippen LogP contribution in [-0.2, 0) is 4.74 Å². The van der Waals surface area contributed by atoms with Crippen molar-refractivity contribution in [1.29, 1.82) is 0 Å². The zero-order valence-electron chi connectivity index (χ0n) is 10.6. The minimum Gasteiger partial charge on any atom is -0.377 e. The van der Waals surface area contributed by atoms with Crippen molar-refractivity contribution in [2.75, 3.05) is 26.7 Å². The van der Waals surface area contributed by atoms with Gasteiger partial charge in [-0.25, -0.2) is 0 Å². The molecule has 3 unspecified atom stereocenters. The Morgan fingerprint density at radius 1 is 1.53 bits per heavy atom. The fraction of sp³-hybridized carbons (Fsp3) is 1.00. The molecule has 0 amide bonds. The molecule has 1 rings (SSSR count). The quantitative estimate of drug-likeness (QED) is 0.725. The normalized spacial score (nSPS) is 28.6. The molecule has 0 aromatic rings. The van der Waals surface area contributed by atoms with Gasteiger partial charge >= 0.3 is 0 Å². The first-order valence-electron chi connectivity index (χ1n) is 6.20. The molecule has 1 fully saturated rings. The molecule has 3 atom stereocenters. The summed E-state index contributed by atoms with van der Waals surface area (Å²) in [4.78, 5) is 2.41. The van der Waals surface area contributed by atoms with Crippen molar-refractivity contribution in [2.45, 2.75) is 51.8 Å². The van der Waals surface area contributed by atoms with Crippen LogP contribution in [0.4, 0.5) is 0 Å². The lowest BCUT2D eigenvalue weighted by atomic mass is 10.1. The fourth-order valence-corrected chi connectivity index (χ4v) is 1.96. The molecule has 0 radical (unpaired) electrons. The molecule has 0 aromatic carbocycles. The first kappa shape index (κ1) is 12.9. The van der Waals surface area contributed by atoms with E-state index in [2.05, 4.69) is 38.0 Å². The molecule has 0 saturated carbocycles. The van der Waals surface area contributed by atoms with Gasteiger partial charge in [-0.2, -0.15) is 0 Å². The van der Waals surface area contributed by atoms with Gasteiger partial charge in [0.1, 0.15) is 0 Å². The Morgan fingerprint density at radius 2 is 2.27 bits per heavy atom. The third-order valence-electron chi connectivity index (χ3n) is 3.59. The second-order valence-corrected chi connectivity index (χ2v) is 4.66. The maximum Gasteiger partial charge on any atom is 0.0700 e. The van der Waals surface area contributed by atoms with Crippen LogP contribution in [0.2, 0.25) is 0 Å². The van der Waals surface area contributed by atoms with Gasteiger partial charge in [-0.05, 0) is 33.7 Å². The van der Waals surface area contributed by atoms with E-state index in [0.717, 1.165) is 26.1 Å². The lowest BCUT2D eigenvalue weighted by Crippen LogP contribution is -2.41. The van der Waals surface area contributed by atoms with Crippen LogP contribution in [0.5, 0.6) is 0 Å². The number of likely N-dealkylation sites (N-methyl/N-ethyl adjacent to an activating group) is 1. The van der Waals surface area contributed by atoms with E-state index in [9.17, 15) is 0 Å². The molecule has 90 valence electrons. The van der Waals surface area contributed by atoms with Crippen molar-refractivity contribution in [3.63, 3.8) is 0 Å². The summed E-state index contributed by atoms with van der Waals surface area (Å²) < 4.78 is 5.52. The molecule has 0 bridgehead atoms. The monoisotopic (exact) mass is 214 g/mol. The summed E-state index contributed by atoms with van der Waals surface area (Å²) in [6.45, 7) is 9.78. The highest BCUT2D eigenvalue weighted by atomic mass is 16.5. The second-order valence-electron chi connectivity index (χ2n) is 4.66. The molecular formula is C12H26N2O. The molecule has 15 heavy (non-hydrogen) atoms. The summed E-state index contributed by atoms with van der Waals surface area (Å²) in [6.07, 6.45) is 2.77. The predicted molar refractivity (Wildman–Crippen MR) is 64.2 cm³/mol. The van der Waals surface area contributed by atoms with Gasteiger partial charge in [-0.1, -0.05) is 6.92 Å². The van der Waals surface area contributed by atoms with E-state index < -0.39 is 0 Å². The highest BCUT2D eigenvalue weighted by Gasteiger charge is 2.23. The molecule has 0 aliphatic carbocycles. The molecule has 1 heterocycles. The Hall–Kier alpha value is -0.120. The van der Waals surface area contributed by atoms with Crippen LogP contribution in [0.1, 0.15) is 33.6 Å². The van der Waals surface area contributed by atoms with Crippen molar-refractivity contribution >= 4 is 0 Å². The van der Waals surface area contributed by atoms with Gasteiger partial charge < -0.3 is 15.0 Å². The van der Waals surface area contributed by atoms with Crippen molar-refractivity contribution in [1.82, 2.24) is 10.2 Å². The van der Waals surface area contributed by atoms with Crippen molar-refractivity contribution in [3.8, 4) is 0 Å². The fourth-order valence-electron chi connectivity index (χ4n) is 1.96. The van der Waals surface area contributed by atoms with Crippen LogP contribution in [0.3, 0.4) is 0 Å². The molecule has 1 saturated heterocycles. The van der Waals surface area contributed by atoms with E-state index in [0.29, 0.717) is 18.2 Å². The molecule has 3 heteroatoms. The van der Waals surface area contributed by atoms with Crippen molar-refractivity contribution in [3.05, 3.63) is 0 Å². The molecule has 3 nitrogen and oxygen atoms in total. The summed E-state index contributed by atoms with van der Waals surface area (Å²) in [5.74, 6) is 0. The predicted octanol–water partition coefficient (Wildman–Crippen LogP) is 1.48. The Bertz CT molecular complexity index is 175. The zero-order chi connectivity index (χ0) is 11.3. The lowest BCUT2D eigenvalue weighted by Gasteiger charge is -2.25. The van der Waals surface area contributed by atoms with Crippen LogP contribution in [0.25, 0.3) is 0 Å².